The smallest absolute Gasteiger partial charge is 0.272 e. The molecule has 6 heteroatoms. The molecule has 0 fully saturated rings. The van der Waals surface area contributed by atoms with Gasteiger partial charge in [0.1, 0.15) is 17.0 Å². The highest BCUT2D eigenvalue weighted by Gasteiger charge is 2.27. The van der Waals surface area contributed by atoms with Crippen molar-refractivity contribution in [1.82, 2.24) is 0 Å². The van der Waals surface area contributed by atoms with Gasteiger partial charge in [0, 0.05) is 23.6 Å². The summed E-state index contributed by atoms with van der Waals surface area (Å²) in [5, 5.41) is 3.10. The number of anilines is 4. The molecule has 1 N–H and O–H groups in total. The second-order valence-electron chi connectivity index (χ2n) is 9.51. The Balaban J connectivity index is 1.67. The molecule has 6 nitrogen and oxygen atoms in total. The minimum atomic E-state index is -0.609. The van der Waals surface area contributed by atoms with Crippen molar-refractivity contribution in [2.45, 2.75) is 26.4 Å². The van der Waals surface area contributed by atoms with E-state index < -0.39 is 16.5 Å². The summed E-state index contributed by atoms with van der Waals surface area (Å²) in [6, 6.07) is 25.5. The van der Waals surface area contributed by atoms with Gasteiger partial charge in [-0.1, -0.05) is 43.0 Å². The average Bonchev–Trinajstić information content (AvgIpc) is 2.89. The number of ether oxygens (including phenoxy) is 2. The predicted octanol–water partition coefficient (Wildman–Crippen LogP) is 6.06. The van der Waals surface area contributed by atoms with E-state index >= 15 is 0 Å². The van der Waals surface area contributed by atoms with E-state index in [1.807, 2.05) is 99.6 Å². The van der Waals surface area contributed by atoms with Gasteiger partial charge in [0.05, 0.1) is 7.11 Å². The summed E-state index contributed by atoms with van der Waals surface area (Å²) >= 11 is 0. The molecule has 0 heterocycles. The molecule has 0 bridgehead atoms. The van der Waals surface area contributed by atoms with E-state index in [0.717, 1.165) is 28.3 Å². The van der Waals surface area contributed by atoms with E-state index in [1.165, 1.54) is 0 Å². The van der Waals surface area contributed by atoms with Gasteiger partial charge >= 0.3 is 0 Å². The van der Waals surface area contributed by atoms with Crippen LogP contribution in [0.1, 0.15) is 26.3 Å². The molecule has 0 aliphatic rings. The number of hydrogen-bond acceptors (Lipinski definition) is 6. The van der Waals surface area contributed by atoms with Crippen molar-refractivity contribution < 1.29 is 9.47 Å². The lowest BCUT2D eigenvalue weighted by atomic mass is 10.1. The number of rotatable bonds is 9. The largest absolute Gasteiger partial charge is 0.497 e. The molecule has 0 radical (unpaired) electrons. The van der Waals surface area contributed by atoms with E-state index in [9.17, 15) is 9.59 Å². The van der Waals surface area contributed by atoms with Crippen molar-refractivity contribution >= 4 is 28.3 Å². The topological polar surface area (TPSA) is 67.9 Å². The quantitative estimate of drug-likeness (QED) is 0.292. The molecule has 184 valence electrons. The van der Waals surface area contributed by atoms with Crippen LogP contribution in [-0.2, 0) is 0 Å². The Labute approximate surface area is 211 Å². The van der Waals surface area contributed by atoms with Gasteiger partial charge in [0.2, 0.25) is 0 Å². The summed E-state index contributed by atoms with van der Waals surface area (Å²) < 4.78 is 11.1. The molecule has 0 unspecified atom stereocenters. The molecule has 0 amide bonds. The number of nitrogens with one attached hydrogen (secondary N) is 1. The molecular weight excluding hydrogens is 452 g/mol. The average molecular weight is 483 g/mol. The van der Waals surface area contributed by atoms with Crippen LogP contribution in [0.5, 0.6) is 11.5 Å². The Morgan fingerprint density at radius 2 is 1.58 bits per heavy atom. The second kappa shape index (κ2) is 10.1. The van der Waals surface area contributed by atoms with Gasteiger partial charge in [-0.05, 0) is 74.4 Å². The van der Waals surface area contributed by atoms with Crippen molar-refractivity contribution in [2.24, 2.45) is 0 Å². The van der Waals surface area contributed by atoms with Gasteiger partial charge in [-0.15, -0.1) is 0 Å². The minimum absolute atomic E-state index is 0.0716. The first-order valence-electron chi connectivity index (χ1n) is 11.7. The Kier molecular flexibility index (Phi) is 6.97. The monoisotopic (exact) mass is 482 g/mol. The van der Waals surface area contributed by atoms with Gasteiger partial charge in [0.15, 0.2) is 5.75 Å². The first-order valence-corrected chi connectivity index (χ1v) is 11.7. The summed E-state index contributed by atoms with van der Waals surface area (Å²) in [6.45, 7) is 10.4. The van der Waals surface area contributed by atoms with Crippen LogP contribution in [0.3, 0.4) is 0 Å². The van der Waals surface area contributed by atoms with E-state index in [0.29, 0.717) is 12.2 Å². The van der Waals surface area contributed by atoms with Crippen molar-refractivity contribution in [2.75, 3.05) is 23.9 Å². The summed E-state index contributed by atoms with van der Waals surface area (Å²) in [7, 11) is 1.64. The van der Waals surface area contributed by atoms with Crippen LogP contribution >= 0.6 is 0 Å². The van der Waals surface area contributed by atoms with Crippen molar-refractivity contribution in [3.05, 3.63) is 111 Å². The second-order valence-corrected chi connectivity index (χ2v) is 9.51. The van der Waals surface area contributed by atoms with E-state index in [4.69, 9.17) is 9.47 Å². The molecule has 0 saturated heterocycles. The molecule has 0 spiro atoms. The molecule has 0 atom stereocenters. The van der Waals surface area contributed by atoms with Crippen molar-refractivity contribution in [1.29, 1.82) is 0 Å². The predicted molar refractivity (Wildman–Crippen MR) is 147 cm³/mol. The van der Waals surface area contributed by atoms with E-state index in [2.05, 4.69) is 16.8 Å². The molecule has 4 rings (SSSR count). The standard InChI is InChI=1S/C30H30N2O4/c1-20(21-10-7-6-8-11-21)19-32(23-14-16-25(35-5)17-15-23)24-13-9-12-22(18-24)31-26-27(33)28(34)29(26)36-30(2,3)4/h6-18,31H,1,19H2,2-5H3. The van der Waals surface area contributed by atoms with Crippen LogP contribution in [-0.4, -0.2) is 19.3 Å². The summed E-state index contributed by atoms with van der Waals surface area (Å²) in [5.41, 5.74) is 2.91. The lowest BCUT2D eigenvalue weighted by Crippen LogP contribution is -2.39. The number of nitrogens with zero attached hydrogens (tertiary/aromatic N) is 1. The third-order valence-corrected chi connectivity index (χ3v) is 5.62. The molecule has 0 aliphatic heterocycles. The van der Waals surface area contributed by atoms with Gasteiger partial charge in [-0.2, -0.15) is 0 Å². The first kappa shape index (κ1) is 24.8. The third-order valence-electron chi connectivity index (χ3n) is 5.62. The van der Waals surface area contributed by atoms with Gasteiger partial charge in [-0.3, -0.25) is 9.59 Å². The lowest BCUT2D eigenvalue weighted by Gasteiger charge is -2.27. The van der Waals surface area contributed by atoms with Gasteiger partial charge < -0.3 is 19.7 Å². The van der Waals surface area contributed by atoms with E-state index in [-0.39, 0.29) is 11.4 Å². The van der Waals surface area contributed by atoms with E-state index in [1.54, 1.807) is 7.11 Å². The van der Waals surface area contributed by atoms with Crippen LogP contribution in [0.25, 0.3) is 5.57 Å². The van der Waals surface area contributed by atoms with Crippen LogP contribution < -0.4 is 30.5 Å². The third kappa shape index (κ3) is 5.49. The van der Waals surface area contributed by atoms with Crippen LogP contribution in [0.4, 0.5) is 22.7 Å². The Morgan fingerprint density at radius 1 is 0.889 bits per heavy atom. The first-order chi connectivity index (χ1) is 17.2. The Hall–Kier alpha value is -4.32. The molecule has 0 aromatic heterocycles. The Bertz CT molecular complexity index is 1430. The maximum Gasteiger partial charge on any atom is 0.272 e. The summed E-state index contributed by atoms with van der Waals surface area (Å²) in [4.78, 5) is 26.5. The van der Waals surface area contributed by atoms with Crippen LogP contribution in [0.2, 0.25) is 0 Å². The minimum Gasteiger partial charge on any atom is -0.497 e. The van der Waals surface area contributed by atoms with Crippen LogP contribution in [0.15, 0.2) is 95.0 Å². The van der Waals surface area contributed by atoms with Crippen molar-refractivity contribution in [3.8, 4) is 11.5 Å². The molecule has 36 heavy (non-hydrogen) atoms. The highest BCUT2D eigenvalue weighted by Crippen LogP contribution is 2.33. The maximum absolute atomic E-state index is 12.3. The number of methoxy groups -OCH3 is 1. The Morgan fingerprint density at radius 3 is 2.22 bits per heavy atom. The summed E-state index contributed by atoms with van der Waals surface area (Å²) in [5.74, 6) is 0.838. The molecule has 0 saturated carbocycles. The maximum atomic E-state index is 12.3. The molecule has 0 aliphatic carbocycles. The highest BCUT2D eigenvalue weighted by molar-refractivity contribution is 5.77. The zero-order valence-electron chi connectivity index (χ0n) is 21.0. The normalized spacial score (nSPS) is 11.2. The fraction of sp³-hybridized carbons (Fsp3) is 0.200. The van der Waals surface area contributed by atoms with Gasteiger partial charge in [-0.25, -0.2) is 0 Å². The lowest BCUT2D eigenvalue weighted by molar-refractivity contribution is 0.128. The molecule has 4 aromatic carbocycles. The van der Waals surface area contributed by atoms with Gasteiger partial charge in [0.25, 0.3) is 10.9 Å². The zero-order valence-corrected chi connectivity index (χ0v) is 21.0. The zero-order chi connectivity index (χ0) is 25.9. The highest BCUT2D eigenvalue weighted by atomic mass is 16.5. The number of benzene rings is 3. The van der Waals surface area contributed by atoms with Crippen molar-refractivity contribution in [3.63, 3.8) is 0 Å². The summed E-state index contributed by atoms with van der Waals surface area (Å²) in [6.07, 6.45) is 0. The molecule has 4 aromatic rings. The number of hydrogen-bond donors (Lipinski definition) is 1. The fourth-order valence-electron chi connectivity index (χ4n) is 3.83. The SMILES string of the molecule is C=C(CN(c1ccc(OC)cc1)c1cccc(Nc2c(OC(C)(C)C)c(=O)c2=O)c1)c1ccccc1. The van der Waals surface area contributed by atoms with Crippen LogP contribution in [0, 0.1) is 0 Å². The molecular formula is C30H30N2O4. The fourth-order valence-corrected chi connectivity index (χ4v) is 3.83.